The molecule has 0 fully saturated rings. The highest BCUT2D eigenvalue weighted by Gasteiger charge is 2.07. The van der Waals surface area contributed by atoms with Crippen LogP contribution in [0.3, 0.4) is 0 Å². The molecule has 1 atom stereocenters. The average Bonchev–Trinajstić information content (AvgIpc) is 2.39. The fourth-order valence-electron chi connectivity index (χ4n) is 1.80. The lowest BCUT2D eigenvalue weighted by Crippen LogP contribution is -2.07. The minimum Gasteiger partial charge on any atom is -0.388 e. The van der Waals surface area contributed by atoms with E-state index in [1.165, 1.54) is 5.56 Å². The number of aryl methyl sites for hydroxylation is 1. The fourth-order valence-corrected chi connectivity index (χ4v) is 1.80. The average molecular weight is 252 g/mol. The first-order chi connectivity index (χ1) is 8.77. The molecule has 1 aromatic carbocycles. The molecule has 1 rings (SSSR count). The maximum atomic E-state index is 9.99. The summed E-state index contributed by atoms with van der Waals surface area (Å²) in [6.07, 6.45) is 2.42. The third-order valence-electron chi connectivity index (χ3n) is 2.87. The number of hydrogen-bond donors (Lipinski definition) is 1. The van der Waals surface area contributed by atoms with Crippen molar-refractivity contribution in [3.63, 3.8) is 0 Å². The van der Waals surface area contributed by atoms with Crippen molar-refractivity contribution in [3.05, 3.63) is 35.4 Å². The van der Waals surface area contributed by atoms with E-state index in [4.69, 9.17) is 9.47 Å². The van der Waals surface area contributed by atoms with E-state index in [9.17, 15) is 5.11 Å². The topological polar surface area (TPSA) is 38.7 Å². The van der Waals surface area contributed by atoms with Crippen molar-refractivity contribution in [2.45, 2.75) is 32.3 Å². The minimum atomic E-state index is -0.441. The smallest absolute Gasteiger partial charge is 0.0812 e. The van der Waals surface area contributed by atoms with E-state index in [0.717, 1.165) is 18.4 Å². The van der Waals surface area contributed by atoms with Crippen molar-refractivity contribution in [2.75, 3.05) is 26.9 Å². The second kappa shape index (κ2) is 9.09. The first kappa shape index (κ1) is 15.2. The van der Waals surface area contributed by atoms with E-state index in [-0.39, 0.29) is 0 Å². The first-order valence-electron chi connectivity index (χ1n) is 6.61. The first-order valence-corrected chi connectivity index (χ1v) is 6.61. The summed E-state index contributed by atoms with van der Waals surface area (Å²) in [5, 5.41) is 9.99. The van der Waals surface area contributed by atoms with Gasteiger partial charge in [0.15, 0.2) is 0 Å². The standard InChI is InChI=1S/C15H24O3/c1-3-4-13-5-7-14(8-6-13)15(16)9-10-18-12-11-17-2/h5-8,15-16H,3-4,9-12H2,1-2H3. The number of methoxy groups -OCH3 is 1. The highest BCUT2D eigenvalue weighted by molar-refractivity contribution is 5.24. The minimum absolute atomic E-state index is 0.441. The number of aliphatic hydroxyl groups excluding tert-OH is 1. The Balaban J connectivity index is 2.30. The zero-order valence-electron chi connectivity index (χ0n) is 11.4. The van der Waals surface area contributed by atoms with Gasteiger partial charge in [-0.3, -0.25) is 0 Å². The Hall–Kier alpha value is -0.900. The van der Waals surface area contributed by atoms with E-state index in [1.54, 1.807) is 7.11 Å². The molecule has 3 heteroatoms. The molecule has 0 saturated heterocycles. The van der Waals surface area contributed by atoms with Gasteiger partial charge in [0.05, 0.1) is 19.3 Å². The second-order valence-corrected chi connectivity index (χ2v) is 4.40. The van der Waals surface area contributed by atoms with Gasteiger partial charge in [0, 0.05) is 20.1 Å². The predicted octanol–water partition coefficient (Wildman–Crippen LogP) is 2.73. The number of benzene rings is 1. The summed E-state index contributed by atoms with van der Waals surface area (Å²) in [4.78, 5) is 0. The zero-order chi connectivity index (χ0) is 13.2. The summed E-state index contributed by atoms with van der Waals surface area (Å²) in [5.41, 5.74) is 2.29. The Morgan fingerprint density at radius 3 is 2.44 bits per heavy atom. The zero-order valence-corrected chi connectivity index (χ0v) is 11.4. The quantitative estimate of drug-likeness (QED) is 0.687. The monoisotopic (exact) mass is 252 g/mol. The molecule has 1 N–H and O–H groups in total. The van der Waals surface area contributed by atoms with Crippen molar-refractivity contribution >= 4 is 0 Å². The van der Waals surface area contributed by atoms with E-state index in [0.29, 0.717) is 26.2 Å². The van der Waals surface area contributed by atoms with Crippen LogP contribution in [0, 0.1) is 0 Å². The number of hydrogen-bond acceptors (Lipinski definition) is 3. The fraction of sp³-hybridized carbons (Fsp3) is 0.600. The lowest BCUT2D eigenvalue weighted by Gasteiger charge is -2.12. The summed E-state index contributed by atoms with van der Waals surface area (Å²) < 4.78 is 10.2. The molecule has 0 saturated carbocycles. The third kappa shape index (κ3) is 5.63. The summed E-state index contributed by atoms with van der Waals surface area (Å²) in [7, 11) is 1.65. The van der Waals surface area contributed by atoms with Gasteiger partial charge < -0.3 is 14.6 Å². The van der Waals surface area contributed by atoms with Crippen molar-refractivity contribution in [3.8, 4) is 0 Å². The van der Waals surface area contributed by atoms with Crippen LogP contribution in [0.15, 0.2) is 24.3 Å². The normalized spacial score (nSPS) is 12.6. The molecule has 102 valence electrons. The van der Waals surface area contributed by atoms with Crippen LogP contribution in [0.1, 0.15) is 37.0 Å². The van der Waals surface area contributed by atoms with Crippen molar-refractivity contribution < 1.29 is 14.6 Å². The predicted molar refractivity (Wildman–Crippen MR) is 72.7 cm³/mol. The summed E-state index contributed by atoms with van der Waals surface area (Å²) in [6, 6.07) is 8.19. The Morgan fingerprint density at radius 1 is 1.11 bits per heavy atom. The molecule has 0 spiro atoms. The van der Waals surface area contributed by atoms with Crippen molar-refractivity contribution in [1.82, 2.24) is 0 Å². The van der Waals surface area contributed by atoms with Gasteiger partial charge in [-0.2, -0.15) is 0 Å². The summed E-state index contributed by atoms with van der Waals surface area (Å²) >= 11 is 0. The van der Waals surface area contributed by atoms with Crippen molar-refractivity contribution in [2.24, 2.45) is 0 Å². The maximum absolute atomic E-state index is 9.99. The third-order valence-corrected chi connectivity index (χ3v) is 2.87. The molecule has 0 aromatic heterocycles. The highest BCUT2D eigenvalue weighted by Crippen LogP contribution is 2.17. The lowest BCUT2D eigenvalue weighted by molar-refractivity contribution is 0.0475. The molecule has 0 aliphatic rings. The van der Waals surface area contributed by atoms with Crippen LogP contribution >= 0.6 is 0 Å². The molecular weight excluding hydrogens is 228 g/mol. The molecule has 0 aliphatic heterocycles. The highest BCUT2D eigenvalue weighted by atomic mass is 16.5. The molecule has 0 heterocycles. The molecular formula is C15H24O3. The maximum Gasteiger partial charge on any atom is 0.0812 e. The van der Waals surface area contributed by atoms with Crippen molar-refractivity contribution in [1.29, 1.82) is 0 Å². The molecule has 0 amide bonds. The lowest BCUT2D eigenvalue weighted by atomic mass is 10.0. The Kier molecular flexibility index (Phi) is 7.65. The van der Waals surface area contributed by atoms with Crippen LogP contribution in [0.4, 0.5) is 0 Å². The van der Waals surface area contributed by atoms with Gasteiger partial charge in [-0.1, -0.05) is 37.6 Å². The molecule has 0 bridgehead atoms. The Labute approximate surface area is 110 Å². The number of ether oxygens (including phenoxy) is 2. The van der Waals surface area contributed by atoms with Gasteiger partial charge in [-0.05, 0) is 17.5 Å². The second-order valence-electron chi connectivity index (χ2n) is 4.40. The molecule has 0 aliphatic carbocycles. The number of rotatable bonds is 9. The van der Waals surface area contributed by atoms with Crippen LogP contribution < -0.4 is 0 Å². The van der Waals surface area contributed by atoms with Gasteiger partial charge in [0.1, 0.15) is 0 Å². The van der Waals surface area contributed by atoms with Gasteiger partial charge in [0.2, 0.25) is 0 Å². The summed E-state index contributed by atoms with van der Waals surface area (Å²) in [5.74, 6) is 0. The van der Waals surface area contributed by atoms with E-state index in [2.05, 4.69) is 19.1 Å². The van der Waals surface area contributed by atoms with Crippen LogP contribution in [0.5, 0.6) is 0 Å². The van der Waals surface area contributed by atoms with E-state index in [1.807, 2.05) is 12.1 Å². The molecule has 0 radical (unpaired) electrons. The van der Waals surface area contributed by atoms with Gasteiger partial charge in [0.25, 0.3) is 0 Å². The van der Waals surface area contributed by atoms with Crippen LogP contribution in [0.2, 0.25) is 0 Å². The van der Waals surface area contributed by atoms with E-state index < -0.39 is 6.10 Å². The summed E-state index contributed by atoms with van der Waals surface area (Å²) in [6.45, 7) is 3.90. The van der Waals surface area contributed by atoms with Crippen LogP contribution in [-0.2, 0) is 15.9 Å². The molecule has 18 heavy (non-hydrogen) atoms. The van der Waals surface area contributed by atoms with Crippen LogP contribution in [-0.4, -0.2) is 32.0 Å². The van der Waals surface area contributed by atoms with Crippen LogP contribution in [0.25, 0.3) is 0 Å². The van der Waals surface area contributed by atoms with Gasteiger partial charge in [-0.25, -0.2) is 0 Å². The van der Waals surface area contributed by atoms with Gasteiger partial charge >= 0.3 is 0 Å². The Morgan fingerprint density at radius 2 is 1.83 bits per heavy atom. The SMILES string of the molecule is CCCc1ccc(C(O)CCOCCOC)cc1. The molecule has 1 aromatic rings. The number of aliphatic hydroxyl groups is 1. The van der Waals surface area contributed by atoms with Gasteiger partial charge in [-0.15, -0.1) is 0 Å². The molecule has 1 unspecified atom stereocenters. The van der Waals surface area contributed by atoms with E-state index >= 15 is 0 Å². The Bertz CT molecular complexity index is 308. The largest absolute Gasteiger partial charge is 0.388 e. The molecule has 3 nitrogen and oxygen atoms in total.